The van der Waals surface area contributed by atoms with Crippen molar-refractivity contribution in [1.29, 1.82) is 0 Å². The number of benzene rings is 8. The molecule has 17 rings (SSSR count). The van der Waals surface area contributed by atoms with Gasteiger partial charge in [-0.3, -0.25) is 39.9 Å². The van der Waals surface area contributed by atoms with Crippen molar-refractivity contribution in [2.24, 2.45) is 0 Å². The fraction of sp³-hybridized carbons (Fsp3) is 0.0154. The molecule has 0 fully saturated rings. The van der Waals surface area contributed by atoms with E-state index in [1.807, 2.05) is 48.5 Å². The number of aromatic nitrogens is 16. The maximum atomic E-state index is 8.19. The van der Waals surface area contributed by atoms with E-state index in [4.69, 9.17) is 63.5 Å². The van der Waals surface area contributed by atoms with Gasteiger partial charge in [0.2, 0.25) is 0 Å². The number of rotatable bonds is 4. The molecule has 0 saturated heterocycles. The van der Waals surface area contributed by atoms with Crippen molar-refractivity contribution in [2.45, 2.75) is 6.92 Å². The molecule has 0 saturated carbocycles. The molecule has 2 aliphatic rings. The fourth-order valence-electron chi connectivity index (χ4n) is 12.1. The molecule has 9 heterocycles. The van der Waals surface area contributed by atoms with E-state index in [1.54, 1.807) is 74.4 Å². The summed E-state index contributed by atoms with van der Waals surface area (Å²) in [7, 11) is 0. The maximum absolute atomic E-state index is 8.19. The Kier molecular flexibility index (Phi) is 11.0. The van der Waals surface area contributed by atoms with Gasteiger partial charge in [-0.2, -0.15) is 0 Å². The third-order valence-electron chi connectivity index (χ3n) is 15.4. The van der Waals surface area contributed by atoms with Crippen molar-refractivity contribution in [3.63, 3.8) is 0 Å². The first-order valence-electron chi connectivity index (χ1n) is 26.3. The Hall–Kier alpha value is -11.1. The summed E-state index contributed by atoms with van der Waals surface area (Å²) in [5.74, 6) is 1.46. The van der Waals surface area contributed by atoms with Crippen molar-refractivity contribution in [3.8, 4) is 90.6 Å². The van der Waals surface area contributed by atoms with Crippen LogP contribution in [0.3, 0.4) is 0 Å². The van der Waals surface area contributed by atoms with E-state index in [9.17, 15) is 0 Å². The molecule has 385 valence electrons. The number of aryl methyl sites for hydroxylation is 1. The van der Waals surface area contributed by atoms with Gasteiger partial charge in [0.15, 0.2) is 0 Å². The summed E-state index contributed by atoms with van der Waals surface area (Å²) in [5.41, 5.74) is 11.0. The molecule has 0 aliphatic carbocycles. The minimum absolute atomic E-state index is 0.359. The Bertz CT molecular complexity index is 5380. The van der Waals surface area contributed by atoms with Gasteiger partial charge < -0.3 is 29.9 Å². The minimum atomic E-state index is 0.359. The molecule has 2 aliphatic heterocycles. The molecule has 17 nitrogen and oxygen atoms in total. The monoisotopic (exact) mass is 1110 g/mol. The Labute approximate surface area is 478 Å². The molecular formula is C65H34N16OV. The second-order valence-electron chi connectivity index (χ2n) is 19.8. The molecule has 18 heteroatoms. The Morgan fingerprint density at radius 2 is 0.699 bits per heavy atom. The van der Waals surface area contributed by atoms with Crippen molar-refractivity contribution >= 4 is 87.2 Å². The van der Waals surface area contributed by atoms with Crippen LogP contribution in [0.4, 0.5) is 0 Å². The fourth-order valence-corrected chi connectivity index (χ4v) is 12.1. The van der Waals surface area contributed by atoms with Crippen molar-refractivity contribution in [2.75, 3.05) is 0 Å². The van der Waals surface area contributed by atoms with Gasteiger partial charge >= 0.3 is 21.0 Å². The van der Waals surface area contributed by atoms with Gasteiger partial charge in [0.25, 0.3) is 0 Å². The summed E-state index contributed by atoms with van der Waals surface area (Å²) in [4.78, 5) is 82.3. The van der Waals surface area contributed by atoms with Gasteiger partial charge in [0.1, 0.15) is 0 Å². The van der Waals surface area contributed by atoms with Crippen LogP contribution in [0, 0.1) is 6.92 Å². The standard InChI is InChI=1S/C65H34N16.O.V/c1-33-37-13-8-9-17-41(37)53(48-32-69-21-25-73-48)57-49(33)61-80-64-56-44(28-36-12-4-7-16-40(36)52(56)47-31-68-20-24-72-47)59(78-64)76-62-54-42(26-34-10-2-5-14-38(34)50(54)45-29-66-18-22-70-45)58(74-62)75-63-55-43(60(77-63)79-65(57)81-61)27-35-11-3-6-15-39(35)51(55)46-30-67-19-23-71-46;;/h2-32H,1H3;;/q-2;;+2. The zero-order valence-corrected chi connectivity index (χ0v) is 44.8. The third-order valence-corrected chi connectivity index (χ3v) is 15.4. The van der Waals surface area contributed by atoms with E-state index in [1.165, 1.54) is 0 Å². The molecule has 0 atom stereocenters. The molecule has 0 radical (unpaired) electrons. The summed E-state index contributed by atoms with van der Waals surface area (Å²) in [6.07, 6.45) is 20.5. The third kappa shape index (κ3) is 7.42. The van der Waals surface area contributed by atoms with Crippen LogP contribution in [-0.2, 0) is 21.0 Å². The van der Waals surface area contributed by atoms with Crippen molar-refractivity contribution < 1.29 is 21.0 Å². The molecule has 83 heavy (non-hydrogen) atoms. The summed E-state index contributed by atoms with van der Waals surface area (Å²) in [6, 6.07) is 39.2. The molecule has 0 spiro atoms. The van der Waals surface area contributed by atoms with E-state index in [0.29, 0.717) is 102 Å². The van der Waals surface area contributed by atoms with Gasteiger partial charge in [-0.15, -0.1) is 0 Å². The topological polar surface area (TPSA) is 226 Å². The van der Waals surface area contributed by atoms with Crippen LogP contribution in [0.1, 0.15) is 5.56 Å². The quantitative estimate of drug-likeness (QED) is 0.160. The molecule has 8 bridgehead atoms. The van der Waals surface area contributed by atoms with Gasteiger partial charge in [0, 0.05) is 127 Å². The van der Waals surface area contributed by atoms with Crippen LogP contribution in [0.5, 0.6) is 0 Å². The SMILES string of the molecule is Cc1c2ccccc2c(-c2cnccn2)c2c3nc4nc(nc5[n-]c(nc6nc(nc([n-]3)c12)-c1c-6cc2ccccc2c1-c1cnccn1)c1c(-c2cnccn2)c2ccccc2cc51)-c1c-4cc2ccccc2c1-c1cnccn1.[O]=[V+2]. The van der Waals surface area contributed by atoms with Crippen LogP contribution in [0.2, 0.25) is 0 Å². The first-order chi connectivity index (χ1) is 41.1. The van der Waals surface area contributed by atoms with E-state index in [-0.39, 0.29) is 0 Å². The number of nitrogens with zero attached hydrogens (tertiary/aromatic N) is 16. The molecule has 0 amide bonds. The van der Waals surface area contributed by atoms with Crippen LogP contribution in [0.15, 0.2) is 190 Å². The molecule has 0 unspecified atom stereocenters. The predicted octanol–water partition coefficient (Wildman–Crippen LogP) is 12.8. The van der Waals surface area contributed by atoms with Crippen molar-refractivity contribution in [1.82, 2.24) is 79.7 Å². The van der Waals surface area contributed by atoms with Crippen molar-refractivity contribution in [3.05, 3.63) is 195 Å². The summed E-state index contributed by atoms with van der Waals surface area (Å²) < 4.78 is 8.19. The van der Waals surface area contributed by atoms with E-state index >= 15 is 0 Å². The van der Waals surface area contributed by atoms with Gasteiger partial charge in [-0.25, -0.2) is 9.97 Å². The number of hydrogen-bond acceptors (Lipinski definition) is 15. The molecule has 0 N–H and O–H groups in total. The molecular weight excluding hydrogens is 1070 g/mol. The number of fused-ring (bicyclic) bond motifs is 24. The average molecular weight is 1110 g/mol. The first kappa shape index (κ1) is 47.8. The normalized spacial score (nSPS) is 11.8. The summed E-state index contributed by atoms with van der Waals surface area (Å²) in [6.45, 7) is 2.10. The van der Waals surface area contributed by atoms with Gasteiger partial charge in [-0.05, 0) is 84.5 Å². The van der Waals surface area contributed by atoms with Crippen LogP contribution < -0.4 is 9.97 Å². The predicted molar refractivity (Wildman–Crippen MR) is 314 cm³/mol. The average Bonchev–Trinajstić information content (AvgIpc) is 3.15. The zero-order valence-electron chi connectivity index (χ0n) is 43.4. The van der Waals surface area contributed by atoms with Gasteiger partial charge in [0.05, 0.1) is 70.9 Å². The summed E-state index contributed by atoms with van der Waals surface area (Å²) in [5, 5.41) is 10.5. The van der Waals surface area contributed by atoms with Crippen LogP contribution in [0.25, 0.3) is 178 Å². The zero-order chi connectivity index (χ0) is 55.3. The van der Waals surface area contributed by atoms with E-state index in [2.05, 4.69) is 93.6 Å². The van der Waals surface area contributed by atoms with Crippen LogP contribution in [-0.4, -0.2) is 69.8 Å². The van der Waals surface area contributed by atoms with Gasteiger partial charge in [-0.1, -0.05) is 97.1 Å². The number of hydrogen-bond donors (Lipinski definition) is 0. The first-order valence-corrected chi connectivity index (χ1v) is 26.9. The Balaban J connectivity index is 0.00000280. The van der Waals surface area contributed by atoms with Crippen LogP contribution >= 0.6 is 0 Å². The Morgan fingerprint density at radius 3 is 1.19 bits per heavy atom. The second-order valence-corrected chi connectivity index (χ2v) is 19.8. The summed E-state index contributed by atoms with van der Waals surface area (Å²) >= 11 is 1.06. The van der Waals surface area contributed by atoms with E-state index < -0.39 is 0 Å². The molecule has 8 aromatic carbocycles. The van der Waals surface area contributed by atoms with E-state index in [0.717, 1.165) is 99.0 Å². The Morgan fingerprint density at radius 1 is 0.325 bits per heavy atom. The molecule has 15 aromatic rings. The molecule has 7 aromatic heterocycles. The second kappa shape index (κ2) is 19.0.